The van der Waals surface area contributed by atoms with Crippen molar-refractivity contribution in [3.05, 3.63) is 42.7 Å². The summed E-state index contributed by atoms with van der Waals surface area (Å²) in [6.07, 6.45) is 1.69. The molecule has 0 saturated carbocycles. The Bertz CT molecular complexity index is 719. The Morgan fingerprint density at radius 1 is 1.00 bits per heavy atom. The molecule has 0 unspecified atom stereocenters. The molecule has 2 aromatic carbocycles. The number of ether oxygens (including phenoxy) is 2. The summed E-state index contributed by atoms with van der Waals surface area (Å²) in [5, 5.41) is 0. The molecule has 0 amide bonds. The molecule has 3 aromatic rings. The van der Waals surface area contributed by atoms with E-state index in [0.717, 1.165) is 33.7 Å². The SMILES string of the molecule is COc1ccc(-c2ccc3nc[nH]c3c2)c(OC)c1. The third-order valence-electron chi connectivity index (χ3n) is 3.14. The first kappa shape index (κ1) is 11.6. The fourth-order valence-corrected chi connectivity index (χ4v) is 2.14. The standard InChI is InChI=1S/C15H14N2O2/c1-18-11-4-5-12(15(8-11)19-2)10-3-6-13-14(7-10)17-9-16-13/h3-9H,1-2H3,(H,16,17). The third kappa shape index (κ3) is 2.01. The fourth-order valence-electron chi connectivity index (χ4n) is 2.14. The molecule has 0 aliphatic rings. The lowest BCUT2D eigenvalue weighted by Crippen LogP contribution is -1.90. The highest BCUT2D eigenvalue weighted by Crippen LogP contribution is 2.34. The highest BCUT2D eigenvalue weighted by atomic mass is 16.5. The van der Waals surface area contributed by atoms with Crippen LogP contribution in [0.25, 0.3) is 22.2 Å². The Kier molecular flexibility index (Phi) is 2.83. The summed E-state index contributed by atoms with van der Waals surface area (Å²) >= 11 is 0. The lowest BCUT2D eigenvalue weighted by Gasteiger charge is -2.10. The molecule has 0 bridgehead atoms. The maximum Gasteiger partial charge on any atom is 0.130 e. The predicted octanol–water partition coefficient (Wildman–Crippen LogP) is 3.25. The molecule has 0 aliphatic carbocycles. The highest BCUT2D eigenvalue weighted by Gasteiger charge is 2.08. The molecular weight excluding hydrogens is 240 g/mol. The van der Waals surface area contributed by atoms with Crippen LogP contribution in [0.15, 0.2) is 42.7 Å². The van der Waals surface area contributed by atoms with E-state index in [0.29, 0.717) is 0 Å². The van der Waals surface area contributed by atoms with Gasteiger partial charge in [0.05, 0.1) is 31.6 Å². The molecule has 3 rings (SSSR count). The molecule has 0 saturated heterocycles. The zero-order valence-electron chi connectivity index (χ0n) is 10.8. The predicted molar refractivity (Wildman–Crippen MR) is 74.6 cm³/mol. The number of methoxy groups -OCH3 is 2. The second kappa shape index (κ2) is 4.65. The van der Waals surface area contributed by atoms with Gasteiger partial charge in [-0.2, -0.15) is 0 Å². The number of imidazole rings is 1. The van der Waals surface area contributed by atoms with Gasteiger partial charge < -0.3 is 14.5 Å². The van der Waals surface area contributed by atoms with Gasteiger partial charge in [0.2, 0.25) is 0 Å². The molecule has 1 N–H and O–H groups in total. The first-order valence-corrected chi connectivity index (χ1v) is 5.97. The molecule has 4 heteroatoms. The number of nitrogens with one attached hydrogen (secondary N) is 1. The number of hydrogen-bond donors (Lipinski definition) is 1. The van der Waals surface area contributed by atoms with E-state index in [4.69, 9.17) is 9.47 Å². The zero-order chi connectivity index (χ0) is 13.2. The molecule has 0 aliphatic heterocycles. The van der Waals surface area contributed by atoms with Gasteiger partial charge in [0.1, 0.15) is 11.5 Å². The Morgan fingerprint density at radius 3 is 2.68 bits per heavy atom. The molecule has 1 heterocycles. The van der Waals surface area contributed by atoms with E-state index >= 15 is 0 Å². The summed E-state index contributed by atoms with van der Waals surface area (Å²) in [7, 11) is 3.30. The minimum Gasteiger partial charge on any atom is -0.497 e. The lowest BCUT2D eigenvalue weighted by atomic mass is 10.0. The minimum atomic E-state index is 0.781. The Balaban J connectivity index is 2.14. The largest absolute Gasteiger partial charge is 0.497 e. The van der Waals surface area contributed by atoms with Crippen LogP contribution >= 0.6 is 0 Å². The van der Waals surface area contributed by atoms with Crippen LogP contribution < -0.4 is 9.47 Å². The van der Waals surface area contributed by atoms with Crippen molar-refractivity contribution in [2.24, 2.45) is 0 Å². The van der Waals surface area contributed by atoms with Crippen LogP contribution in [-0.4, -0.2) is 24.2 Å². The van der Waals surface area contributed by atoms with Gasteiger partial charge in [0.25, 0.3) is 0 Å². The van der Waals surface area contributed by atoms with Crippen LogP contribution in [0.4, 0.5) is 0 Å². The van der Waals surface area contributed by atoms with Gasteiger partial charge in [0, 0.05) is 11.6 Å². The average Bonchev–Trinajstić information content (AvgIpc) is 2.93. The van der Waals surface area contributed by atoms with Crippen molar-refractivity contribution >= 4 is 11.0 Å². The molecule has 0 spiro atoms. The molecule has 4 nitrogen and oxygen atoms in total. The van der Waals surface area contributed by atoms with Crippen LogP contribution in [-0.2, 0) is 0 Å². The summed E-state index contributed by atoms with van der Waals surface area (Å²) in [5.74, 6) is 1.57. The van der Waals surface area contributed by atoms with Gasteiger partial charge in [-0.3, -0.25) is 0 Å². The Hall–Kier alpha value is -2.49. The molecule has 0 atom stereocenters. The first-order chi connectivity index (χ1) is 9.31. The monoisotopic (exact) mass is 254 g/mol. The summed E-state index contributed by atoms with van der Waals surface area (Å²) in [4.78, 5) is 7.33. The van der Waals surface area contributed by atoms with Gasteiger partial charge in [-0.05, 0) is 29.8 Å². The van der Waals surface area contributed by atoms with E-state index in [2.05, 4.69) is 16.0 Å². The van der Waals surface area contributed by atoms with Crippen molar-refractivity contribution in [2.75, 3.05) is 14.2 Å². The van der Waals surface area contributed by atoms with Crippen molar-refractivity contribution < 1.29 is 9.47 Å². The zero-order valence-corrected chi connectivity index (χ0v) is 10.8. The van der Waals surface area contributed by atoms with Crippen LogP contribution in [0.2, 0.25) is 0 Å². The molecule has 0 radical (unpaired) electrons. The molecule has 96 valence electrons. The van der Waals surface area contributed by atoms with Crippen LogP contribution in [0.3, 0.4) is 0 Å². The Morgan fingerprint density at radius 2 is 1.89 bits per heavy atom. The van der Waals surface area contributed by atoms with E-state index in [-0.39, 0.29) is 0 Å². The van der Waals surface area contributed by atoms with Gasteiger partial charge in [-0.1, -0.05) is 6.07 Å². The highest BCUT2D eigenvalue weighted by molar-refractivity contribution is 5.83. The molecule has 1 aromatic heterocycles. The van der Waals surface area contributed by atoms with Crippen molar-refractivity contribution in [1.82, 2.24) is 9.97 Å². The van der Waals surface area contributed by atoms with Crippen molar-refractivity contribution in [1.29, 1.82) is 0 Å². The van der Waals surface area contributed by atoms with E-state index < -0.39 is 0 Å². The van der Waals surface area contributed by atoms with E-state index in [9.17, 15) is 0 Å². The molecule has 0 fully saturated rings. The average molecular weight is 254 g/mol. The van der Waals surface area contributed by atoms with E-state index in [1.54, 1.807) is 20.5 Å². The number of fused-ring (bicyclic) bond motifs is 1. The van der Waals surface area contributed by atoms with Crippen molar-refractivity contribution in [3.63, 3.8) is 0 Å². The van der Waals surface area contributed by atoms with E-state index in [1.807, 2.05) is 30.3 Å². The van der Waals surface area contributed by atoms with Gasteiger partial charge in [-0.25, -0.2) is 4.98 Å². The number of H-pyrrole nitrogens is 1. The topological polar surface area (TPSA) is 47.1 Å². The maximum absolute atomic E-state index is 5.43. The quantitative estimate of drug-likeness (QED) is 0.780. The van der Waals surface area contributed by atoms with Gasteiger partial charge in [-0.15, -0.1) is 0 Å². The van der Waals surface area contributed by atoms with Crippen LogP contribution in [0, 0.1) is 0 Å². The van der Waals surface area contributed by atoms with Gasteiger partial charge >= 0.3 is 0 Å². The minimum absolute atomic E-state index is 0.781. The number of nitrogens with zero attached hydrogens (tertiary/aromatic N) is 1. The number of rotatable bonds is 3. The summed E-state index contributed by atoms with van der Waals surface area (Å²) < 4.78 is 10.6. The summed E-state index contributed by atoms with van der Waals surface area (Å²) in [6.45, 7) is 0. The van der Waals surface area contributed by atoms with Gasteiger partial charge in [0.15, 0.2) is 0 Å². The lowest BCUT2D eigenvalue weighted by molar-refractivity contribution is 0.395. The fraction of sp³-hybridized carbons (Fsp3) is 0.133. The Labute approximate surface area is 111 Å². The summed E-state index contributed by atoms with van der Waals surface area (Å²) in [6, 6.07) is 11.9. The normalized spacial score (nSPS) is 10.6. The van der Waals surface area contributed by atoms with E-state index in [1.165, 1.54) is 0 Å². The first-order valence-electron chi connectivity index (χ1n) is 5.97. The second-order valence-corrected chi connectivity index (χ2v) is 4.20. The number of hydrogen-bond acceptors (Lipinski definition) is 3. The number of aromatic amines is 1. The van der Waals surface area contributed by atoms with Crippen LogP contribution in [0.1, 0.15) is 0 Å². The second-order valence-electron chi connectivity index (χ2n) is 4.20. The molecular formula is C15H14N2O2. The summed E-state index contributed by atoms with van der Waals surface area (Å²) in [5.41, 5.74) is 4.07. The van der Waals surface area contributed by atoms with Crippen LogP contribution in [0.5, 0.6) is 11.5 Å². The maximum atomic E-state index is 5.43. The number of aromatic nitrogens is 2. The number of benzene rings is 2. The smallest absolute Gasteiger partial charge is 0.130 e. The van der Waals surface area contributed by atoms with Crippen molar-refractivity contribution in [3.8, 4) is 22.6 Å². The third-order valence-corrected chi connectivity index (χ3v) is 3.14. The molecule has 19 heavy (non-hydrogen) atoms. The van der Waals surface area contributed by atoms with Crippen molar-refractivity contribution in [2.45, 2.75) is 0 Å².